The summed E-state index contributed by atoms with van der Waals surface area (Å²) in [6.07, 6.45) is 6.40. The lowest BCUT2D eigenvalue weighted by Gasteiger charge is -2.38. The van der Waals surface area contributed by atoms with Crippen molar-refractivity contribution in [2.24, 2.45) is 5.92 Å². The van der Waals surface area contributed by atoms with Crippen LogP contribution in [0.4, 0.5) is 0 Å². The van der Waals surface area contributed by atoms with Crippen LogP contribution in [0.25, 0.3) is 28.0 Å². The number of ether oxygens (including phenoxy) is 2. The highest BCUT2D eigenvalue weighted by Gasteiger charge is 2.32. The summed E-state index contributed by atoms with van der Waals surface area (Å²) < 4.78 is 13.4. The summed E-state index contributed by atoms with van der Waals surface area (Å²) in [5.74, 6) is 1.22. The molecule has 0 unspecified atom stereocenters. The summed E-state index contributed by atoms with van der Waals surface area (Å²) in [6.45, 7) is 6.07. The van der Waals surface area contributed by atoms with Gasteiger partial charge < -0.3 is 18.8 Å². The Labute approximate surface area is 242 Å². The molecule has 1 aliphatic heterocycles. The SMILES string of the molecule is COc1cccc(-c2nc3ccc(-c4cccc(C)c4)cn3c2CN2CCN(C(=O)[C@H]3CCC[C@@H](OC)C3)CC2)c1. The third-order valence-corrected chi connectivity index (χ3v) is 8.78. The second-order valence-corrected chi connectivity index (χ2v) is 11.5. The van der Waals surface area contributed by atoms with Gasteiger partial charge in [-0.1, -0.05) is 48.4 Å². The van der Waals surface area contributed by atoms with Crippen molar-refractivity contribution in [1.82, 2.24) is 19.2 Å². The van der Waals surface area contributed by atoms with Gasteiger partial charge in [-0.3, -0.25) is 9.69 Å². The second-order valence-electron chi connectivity index (χ2n) is 11.5. The maximum absolute atomic E-state index is 13.3. The number of hydrogen-bond acceptors (Lipinski definition) is 5. The van der Waals surface area contributed by atoms with Crippen LogP contribution in [0.15, 0.2) is 66.9 Å². The molecule has 4 aromatic rings. The second kappa shape index (κ2) is 12.0. The van der Waals surface area contributed by atoms with Crippen molar-refractivity contribution in [2.45, 2.75) is 45.3 Å². The van der Waals surface area contributed by atoms with Gasteiger partial charge in [0.25, 0.3) is 0 Å². The van der Waals surface area contributed by atoms with Crippen LogP contribution < -0.4 is 4.74 Å². The molecule has 0 N–H and O–H groups in total. The number of fused-ring (bicyclic) bond motifs is 1. The van der Waals surface area contributed by atoms with Crippen LogP contribution in [0, 0.1) is 12.8 Å². The van der Waals surface area contributed by atoms with Gasteiger partial charge in [0, 0.05) is 57.5 Å². The lowest BCUT2D eigenvalue weighted by atomic mass is 9.86. The molecule has 214 valence electrons. The van der Waals surface area contributed by atoms with E-state index >= 15 is 0 Å². The Morgan fingerprint density at radius 1 is 0.927 bits per heavy atom. The quantitative estimate of drug-likeness (QED) is 0.289. The molecule has 2 atom stereocenters. The van der Waals surface area contributed by atoms with Crippen molar-refractivity contribution >= 4 is 11.6 Å². The van der Waals surface area contributed by atoms with Crippen molar-refractivity contribution in [3.05, 3.63) is 78.1 Å². The number of carbonyl (C=O) groups is 1. The van der Waals surface area contributed by atoms with Gasteiger partial charge >= 0.3 is 0 Å². The zero-order chi connectivity index (χ0) is 28.3. The third-order valence-electron chi connectivity index (χ3n) is 8.78. The molecule has 2 aromatic carbocycles. The summed E-state index contributed by atoms with van der Waals surface area (Å²) in [6, 6.07) is 21.0. The number of benzene rings is 2. The van der Waals surface area contributed by atoms with E-state index in [9.17, 15) is 4.79 Å². The van der Waals surface area contributed by atoms with Crippen molar-refractivity contribution in [3.63, 3.8) is 0 Å². The minimum atomic E-state index is 0.0960. The maximum atomic E-state index is 13.3. The first-order chi connectivity index (χ1) is 20.0. The van der Waals surface area contributed by atoms with Crippen LogP contribution >= 0.6 is 0 Å². The molecule has 2 fully saturated rings. The number of amides is 1. The number of methoxy groups -OCH3 is 2. The molecule has 7 nitrogen and oxygen atoms in total. The molecule has 0 bridgehead atoms. The highest BCUT2D eigenvalue weighted by molar-refractivity contribution is 5.79. The number of rotatable bonds is 7. The number of aryl methyl sites for hydroxylation is 1. The highest BCUT2D eigenvalue weighted by Crippen LogP contribution is 2.31. The summed E-state index contributed by atoms with van der Waals surface area (Å²) in [5.41, 5.74) is 7.68. The Balaban J connectivity index is 1.27. The molecule has 7 heteroatoms. The van der Waals surface area contributed by atoms with Crippen LogP contribution in [0.5, 0.6) is 5.75 Å². The molecule has 1 aliphatic carbocycles. The zero-order valence-corrected chi connectivity index (χ0v) is 24.4. The number of piperazine rings is 1. The number of imidazole rings is 1. The number of pyridine rings is 1. The standard InChI is InChI=1S/C34H40N4O3/c1-24-7-4-8-25(19-24)28-13-14-32-35-33(26-9-5-11-29(20-26)40-2)31(38(32)22-28)23-36-15-17-37(18-16-36)34(39)27-10-6-12-30(21-27)41-3/h4-5,7-9,11,13-14,19-20,22,27,30H,6,10,12,15-18,21,23H2,1-3H3/t27-,30+/m0/s1. The fraction of sp³-hybridized carbons (Fsp3) is 0.412. The van der Waals surface area contributed by atoms with E-state index in [1.807, 2.05) is 12.1 Å². The monoisotopic (exact) mass is 552 g/mol. The van der Waals surface area contributed by atoms with E-state index in [0.717, 1.165) is 92.3 Å². The van der Waals surface area contributed by atoms with Gasteiger partial charge in [-0.2, -0.15) is 0 Å². The minimum Gasteiger partial charge on any atom is -0.497 e. The largest absolute Gasteiger partial charge is 0.497 e. The van der Waals surface area contributed by atoms with E-state index in [1.165, 1.54) is 11.1 Å². The first-order valence-corrected chi connectivity index (χ1v) is 14.8. The van der Waals surface area contributed by atoms with E-state index in [4.69, 9.17) is 14.5 Å². The van der Waals surface area contributed by atoms with Crippen LogP contribution in [-0.4, -0.2) is 71.6 Å². The van der Waals surface area contributed by atoms with E-state index in [2.05, 4.69) is 75.9 Å². The van der Waals surface area contributed by atoms with Gasteiger partial charge in [0.15, 0.2) is 0 Å². The molecule has 1 amide bonds. The van der Waals surface area contributed by atoms with E-state index in [1.54, 1.807) is 14.2 Å². The Kier molecular flexibility index (Phi) is 8.08. The van der Waals surface area contributed by atoms with Gasteiger partial charge in [0.05, 0.1) is 24.6 Å². The number of aromatic nitrogens is 2. The Morgan fingerprint density at radius 3 is 2.51 bits per heavy atom. The van der Waals surface area contributed by atoms with Crippen molar-refractivity contribution in [2.75, 3.05) is 40.4 Å². The Hall–Kier alpha value is -3.68. The van der Waals surface area contributed by atoms with Crippen molar-refractivity contribution in [1.29, 1.82) is 0 Å². The number of hydrogen-bond donors (Lipinski definition) is 0. The molecular formula is C34H40N4O3. The van der Waals surface area contributed by atoms with Gasteiger partial charge in [0.2, 0.25) is 5.91 Å². The maximum Gasteiger partial charge on any atom is 0.225 e. The molecule has 0 radical (unpaired) electrons. The van der Waals surface area contributed by atoms with Crippen LogP contribution in [-0.2, 0) is 16.1 Å². The fourth-order valence-electron chi connectivity index (χ4n) is 6.42. The van der Waals surface area contributed by atoms with E-state index < -0.39 is 0 Å². The van der Waals surface area contributed by atoms with Crippen molar-refractivity contribution < 1.29 is 14.3 Å². The highest BCUT2D eigenvalue weighted by atomic mass is 16.5. The van der Waals surface area contributed by atoms with E-state index in [-0.39, 0.29) is 12.0 Å². The van der Waals surface area contributed by atoms with Gasteiger partial charge in [-0.15, -0.1) is 0 Å². The lowest BCUT2D eigenvalue weighted by molar-refractivity contribution is -0.140. The molecule has 6 rings (SSSR count). The van der Waals surface area contributed by atoms with Gasteiger partial charge in [0.1, 0.15) is 11.4 Å². The van der Waals surface area contributed by atoms with Crippen molar-refractivity contribution in [3.8, 4) is 28.1 Å². The average molecular weight is 553 g/mol. The molecule has 1 saturated heterocycles. The fourth-order valence-corrected chi connectivity index (χ4v) is 6.42. The van der Waals surface area contributed by atoms with E-state index in [0.29, 0.717) is 5.91 Å². The predicted octanol–water partition coefficient (Wildman–Crippen LogP) is 5.83. The smallest absolute Gasteiger partial charge is 0.225 e. The average Bonchev–Trinajstić information content (AvgIpc) is 3.38. The summed E-state index contributed by atoms with van der Waals surface area (Å²) in [7, 11) is 3.46. The molecular weight excluding hydrogens is 512 g/mol. The lowest BCUT2D eigenvalue weighted by Crippen LogP contribution is -2.50. The normalized spacial score (nSPS) is 19.9. The predicted molar refractivity (Wildman–Crippen MR) is 162 cm³/mol. The summed E-state index contributed by atoms with van der Waals surface area (Å²) in [4.78, 5) is 23.0. The summed E-state index contributed by atoms with van der Waals surface area (Å²) >= 11 is 0. The molecule has 2 aliphatic rings. The first kappa shape index (κ1) is 27.5. The molecule has 3 heterocycles. The molecule has 0 spiro atoms. The number of nitrogens with zero attached hydrogens (tertiary/aromatic N) is 4. The van der Waals surface area contributed by atoms with Gasteiger partial charge in [-0.25, -0.2) is 4.98 Å². The van der Waals surface area contributed by atoms with Crippen LogP contribution in [0.2, 0.25) is 0 Å². The van der Waals surface area contributed by atoms with Crippen LogP contribution in [0.3, 0.4) is 0 Å². The zero-order valence-electron chi connectivity index (χ0n) is 24.4. The van der Waals surface area contributed by atoms with Gasteiger partial charge in [-0.05, 0) is 61.6 Å². The molecule has 41 heavy (non-hydrogen) atoms. The minimum absolute atomic E-state index is 0.0960. The first-order valence-electron chi connectivity index (χ1n) is 14.8. The topological polar surface area (TPSA) is 59.3 Å². The molecule has 1 saturated carbocycles. The summed E-state index contributed by atoms with van der Waals surface area (Å²) in [5, 5.41) is 0. The number of carbonyl (C=O) groups excluding carboxylic acids is 1. The Morgan fingerprint density at radius 2 is 1.73 bits per heavy atom. The van der Waals surface area contributed by atoms with Crippen LogP contribution in [0.1, 0.15) is 36.9 Å². The Bertz CT molecular complexity index is 1520. The third kappa shape index (κ3) is 5.88. The molecule has 2 aromatic heterocycles.